The molecule has 2 rings (SSSR count). The quantitative estimate of drug-likeness (QED) is 0.805. The van der Waals surface area contributed by atoms with E-state index >= 15 is 0 Å². The van der Waals surface area contributed by atoms with E-state index in [0.29, 0.717) is 10.9 Å². The van der Waals surface area contributed by atoms with Crippen molar-refractivity contribution in [1.82, 2.24) is 14.5 Å². The van der Waals surface area contributed by atoms with Crippen molar-refractivity contribution in [3.05, 3.63) is 44.6 Å². The molecule has 90 valence electrons. The van der Waals surface area contributed by atoms with Gasteiger partial charge in [-0.1, -0.05) is 6.07 Å². The van der Waals surface area contributed by atoms with Crippen molar-refractivity contribution in [3.8, 4) is 0 Å². The van der Waals surface area contributed by atoms with Crippen molar-refractivity contribution >= 4 is 10.9 Å². The summed E-state index contributed by atoms with van der Waals surface area (Å²) in [6, 6.07) is 5.48. The summed E-state index contributed by atoms with van der Waals surface area (Å²) in [6.45, 7) is 2.15. The van der Waals surface area contributed by atoms with Gasteiger partial charge >= 0.3 is 5.69 Å². The number of benzene rings is 1. The highest BCUT2D eigenvalue weighted by atomic mass is 16.2. The zero-order valence-electron chi connectivity index (χ0n) is 10.2. The zero-order valence-corrected chi connectivity index (χ0v) is 10.2. The van der Waals surface area contributed by atoms with Gasteiger partial charge in [0.1, 0.15) is 0 Å². The molecule has 1 aromatic heterocycles. The predicted molar refractivity (Wildman–Crippen MR) is 67.2 cm³/mol. The van der Waals surface area contributed by atoms with Crippen molar-refractivity contribution < 1.29 is 0 Å². The molecule has 0 spiro atoms. The lowest BCUT2D eigenvalue weighted by molar-refractivity contribution is 0.553. The maximum Gasteiger partial charge on any atom is 0.332 e. The second-order valence-corrected chi connectivity index (χ2v) is 4.11. The molecule has 5 heteroatoms. The fraction of sp³-hybridized carbons (Fsp3) is 0.333. The summed E-state index contributed by atoms with van der Waals surface area (Å²) in [4.78, 5) is 24.1. The second kappa shape index (κ2) is 4.18. The molecule has 5 nitrogen and oxygen atoms in total. The lowest BCUT2D eigenvalue weighted by atomic mass is 10.2. The van der Waals surface area contributed by atoms with Gasteiger partial charge in [0, 0.05) is 7.05 Å². The molecule has 0 fully saturated rings. The Morgan fingerprint density at radius 3 is 2.65 bits per heavy atom. The van der Waals surface area contributed by atoms with Crippen LogP contribution in [0.3, 0.4) is 0 Å². The number of nitrogens with one attached hydrogen (secondary N) is 1. The van der Waals surface area contributed by atoms with Gasteiger partial charge in [-0.05, 0) is 31.7 Å². The molecule has 0 unspecified atom stereocenters. The number of rotatable bonds is 2. The summed E-state index contributed by atoms with van der Waals surface area (Å²) >= 11 is 0. The molecule has 0 bridgehead atoms. The van der Waals surface area contributed by atoms with E-state index in [4.69, 9.17) is 0 Å². The van der Waals surface area contributed by atoms with Gasteiger partial charge in [0.05, 0.1) is 17.6 Å². The van der Waals surface area contributed by atoms with Crippen LogP contribution in [0, 0.1) is 6.92 Å². The molecule has 0 saturated carbocycles. The van der Waals surface area contributed by atoms with Crippen molar-refractivity contribution in [2.75, 3.05) is 7.05 Å². The van der Waals surface area contributed by atoms with Gasteiger partial charge in [0.25, 0.3) is 5.56 Å². The largest absolute Gasteiger partial charge is 0.332 e. The summed E-state index contributed by atoms with van der Waals surface area (Å²) in [7, 11) is 3.38. The predicted octanol–water partition coefficient (Wildman–Crippen LogP) is 0.186. The Bertz CT molecular complexity index is 682. The first-order valence-corrected chi connectivity index (χ1v) is 5.41. The topological polar surface area (TPSA) is 56.0 Å². The number of aryl methyl sites for hydroxylation is 2. The Morgan fingerprint density at radius 2 is 2.00 bits per heavy atom. The van der Waals surface area contributed by atoms with E-state index < -0.39 is 0 Å². The molecule has 0 amide bonds. The minimum absolute atomic E-state index is 0.218. The molecule has 1 N–H and O–H groups in total. The van der Waals surface area contributed by atoms with Crippen LogP contribution in [-0.4, -0.2) is 16.2 Å². The zero-order chi connectivity index (χ0) is 12.6. The average Bonchev–Trinajstić information content (AvgIpc) is 2.32. The van der Waals surface area contributed by atoms with Crippen LogP contribution in [0.1, 0.15) is 5.56 Å². The van der Waals surface area contributed by atoms with Crippen LogP contribution in [-0.2, 0) is 13.7 Å². The third-order valence-electron chi connectivity index (χ3n) is 2.82. The van der Waals surface area contributed by atoms with Crippen LogP contribution in [0.4, 0.5) is 0 Å². The molecule has 0 aliphatic rings. The third kappa shape index (κ3) is 1.78. The van der Waals surface area contributed by atoms with Gasteiger partial charge in [-0.15, -0.1) is 0 Å². The Labute approximate surface area is 98.3 Å². The second-order valence-electron chi connectivity index (χ2n) is 4.11. The first kappa shape index (κ1) is 11.6. The molecule has 1 heterocycles. The van der Waals surface area contributed by atoms with Crippen molar-refractivity contribution in [2.24, 2.45) is 7.05 Å². The highest BCUT2D eigenvalue weighted by Gasteiger charge is 2.09. The monoisotopic (exact) mass is 233 g/mol. The van der Waals surface area contributed by atoms with Crippen LogP contribution in [0.5, 0.6) is 0 Å². The summed E-state index contributed by atoms with van der Waals surface area (Å²) in [5.74, 6) is 0. The molecule has 0 aliphatic carbocycles. The number of fused-ring (bicyclic) bond motifs is 1. The van der Waals surface area contributed by atoms with Gasteiger partial charge in [0.2, 0.25) is 0 Å². The van der Waals surface area contributed by atoms with Crippen LogP contribution in [0.15, 0.2) is 27.8 Å². The number of hydrogen-bond donors (Lipinski definition) is 1. The minimum atomic E-state index is -0.303. The molecule has 0 saturated heterocycles. The Kier molecular flexibility index (Phi) is 2.85. The molecule has 0 aliphatic heterocycles. The lowest BCUT2D eigenvalue weighted by Gasteiger charge is -2.10. The van der Waals surface area contributed by atoms with E-state index in [1.807, 2.05) is 19.1 Å². The molecular weight excluding hydrogens is 218 g/mol. The van der Waals surface area contributed by atoms with E-state index in [1.165, 1.54) is 9.13 Å². The van der Waals surface area contributed by atoms with E-state index in [9.17, 15) is 9.59 Å². The van der Waals surface area contributed by atoms with Crippen molar-refractivity contribution in [2.45, 2.75) is 13.6 Å². The van der Waals surface area contributed by atoms with E-state index in [0.717, 1.165) is 5.56 Å². The van der Waals surface area contributed by atoms with Crippen LogP contribution in [0.2, 0.25) is 0 Å². The van der Waals surface area contributed by atoms with Gasteiger partial charge in [-0.3, -0.25) is 9.36 Å². The van der Waals surface area contributed by atoms with Crippen LogP contribution in [0.25, 0.3) is 10.9 Å². The molecule has 17 heavy (non-hydrogen) atoms. The van der Waals surface area contributed by atoms with Crippen molar-refractivity contribution in [3.63, 3.8) is 0 Å². The van der Waals surface area contributed by atoms with Gasteiger partial charge in [-0.25, -0.2) is 9.36 Å². The minimum Gasteiger partial charge on any atom is -0.302 e. The molecular formula is C12H15N3O2. The van der Waals surface area contributed by atoms with E-state index in [2.05, 4.69) is 5.32 Å². The lowest BCUT2D eigenvalue weighted by Crippen LogP contribution is -2.41. The van der Waals surface area contributed by atoms with Crippen LogP contribution >= 0.6 is 0 Å². The van der Waals surface area contributed by atoms with E-state index in [-0.39, 0.29) is 17.9 Å². The fourth-order valence-corrected chi connectivity index (χ4v) is 1.91. The number of aromatic nitrogens is 2. The third-order valence-corrected chi connectivity index (χ3v) is 2.82. The maximum atomic E-state index is 12.1. The molecule has 2 aromatic rings. The smallest absolute Gasteiger partial charge is 0.302 e. The Morgan fingerprint density at radius 1 is 1.29 bits per heavy atom. The summed E-state index contributed by atoms with van der Waals surface area (Å²) in [6.07, 6.45) is 0. The SMILES string of the molecule is CNCn1c(=O)c2ccc(C)cc2n(C)c1=O. The summed E-state index contributed by atoms with van der Waals surface area (Å²) in [5.41, 5.74) is 1.14. The van der Waals surface area contributed by atoms with Crippen LogP contribution < -0.4 is 16.6 Å². The molecule has 1 aromatic carbocycles. The van der Waals surface area contributed by atoms with E-state index in [1.54, 1.807) is 20.2 Å². The van der Waals surface area contributed by atoms with Gasteiger partial charge in [-0.2, -0.15) is 0 Å². The molecule has 0 atom stereocenters. The standard InChI is InChI=1S/C12H15N3O2/c1-8-4-5-9-10(6-8)14(3)12(17)15(7-13-2)11(9)16/h4-6,13H,7H2,1-3H3. The normalized spacial score (nSPS) is 11.0. The Balaban J connectivity index is 2.95. The highest BCUT2D eigenvalue weighted by molar-refractivity contribution is 5.78. The van der Waals surface area contributed by atoms with Crippen molar-refractivity contribution in [1.29, 1.82) is 0 Å². The van der Waals surface area contributed by atoms with Gasteiger partial charge in [0.15, 0.2) is 0 Å². The Hall–Kier alpha value is -1.88. The highest BCUT2D eigenvalue weighted by Crippen LogP contribution is 2.09. The average molecular weight is 233 g/mol. The summed E-state index contributed by atoms with van der Waals surface area (Å²) < 4.78 is 2.69. The maximum absolute atomic E-state index is 12.1. The fourth-order valence-electron chi connectivity index (χ4n) is 1.91. The van der Waals surface area contributed by atoms with Gasteiger partial charge < -0.3 is 5.32 Å². The first-order chi connectivity index (χ1) is 8.06. The number of hydrogen-bond acceptors (Lipinski definition) is 3. The first-order valence-electron chi connectivity index (χ1n) is 5.41. The summed E-state index contributed by atoms with van der Waals surface area (Å²) in [5, 5.41) is 3.38. The number of nitrogens with zero attached hydrogens (tertiary/aromatic N) is 2. The molecule has 0 radical (unpaired) electrons.